The van der Waals surface area contributed by atoms with Crippen LogP contribution >= 0.6 is 27.7 Å². The van der Waals surface area contributed by atoms with Crippen molar-refractivity contribution in [2.45, 2.75) is 61.5 Å². The Balaban J connectivity index is 1.27. The molecule has 3 aromatic rings. The number of halogens is 1. The Morgan fingerprint density at radius 2 is 1.77 bits per heavy atom. The number of rotatable bonds is 12. The number of benzene rings is 2. The molecule has 1 aromatic heterocycles. The van der Waals surface area contributed by atoms with Crippen molar-refractivity contribution in [2.75, 3.05) is 40.3 Å². The van der Waals surface area contributed by atoms with E-state index >= 15 is 0 Å². The maximum atomic E-state index is 12.8. The van der Waals surface area contributed by atoms with E-state index in [1.807, 2.05) is 17.6 Å². The summed E-state index contributed by atoms with van der Waals surface area (Å²) in [6, 6.07) is 12.7. The third-order valence-corrected chi connectivity index (χ3v) is 8.66. The summed E-state index contributed by atoms with van der Waals surface area (Å²) in [5.74, 6) is 0.247. The summed E-state index contributed by atoms with van der Waals surface area (Å²) < 4.78 is 36.7. The smallest absolute Gasteiger partial charge is 0.316 e. The topological polar surface area (TPSA) is 103 Å². The Morgan fingerprint density at radius 1 is 1.02 bits per heavy atom. The molecule has 10 nitrogen and oxygen atoms in total. The summed E-state index contributed by atoms with van der Waals surface area (Å²) in [5.41, 5.74) is 2.33. The van der Waals surface area contributed by atoms with Gasteiger partial charge in [-0.25, -0.2) is 0 Å². The van der Waals surface area contributed by atoms with Gasteiger partial charge in [0.1, 0.15) is 31.0 Å². The quantitative estimate of drug-likeness (QED) is 0.209. The lowest BCUT2D eigenvalue weighted by Crippen LogP contribution is -2.61. The number of hydrogen-bond donors (Lipinski definition) is 0. The van der Waals surface area contributed by atoms with Crippen LogP contribution in [0.5, 0.6) is 0 Å². The van der Waals surface area contributed by atoms with Gasteiger partial charge in [0, 0.05) is 33.3 Å². The molecule has 1 saturated carbocycles. The molecule has 12 heteroatoms. The van der Waals surface area contributed by atoms with Crippen LogP contribution in [0, 0.1) is 0 Å². The van der Waals surface area contributed by atoms with E-state index in [1.165, 1.54) is 42.7 Å². The highest BCUT2D eigenvalue weighted by Crippen LogP contribution is 2.44. The molecule has 216 valence electrons. The first-order chi connectivity index (χ1) is 19.5. The molecule has 2 heterocycles. The lowest BCUT2D eigenvalue weighted by Gasteiger charge is -2.44. The zero-order valence-corrected chi connectivity index (χ0v) is 25.4. The third kappa shape index (κ3) is 6.08. The molecule has 5 atom stereocenters. The minimum atomic E-state index is -0.692. The van der Waals surface area contributed by atoms with Crippen LogP contribution in [0.25, 0.3) is 16.5 Å². The molecule has 5 rings (SSSR count). The van der Waals surface area contributed by atoms with Crippen molar-refractivity contribution in [3.05, 3.63) is 46.7 Å². The van der Waals surface area contributed by atoms with Gasteiger partial charge in [0.05, 0.1) is 11.4 Å². The van der Waals surface area contributed by atoms with Crippen LogP contribution in [-0.4, -0.2) is 91.7 Å². The summed E-state index contributed by atoms with van der Waals surface area (Å²) in [6.45, 7) is 2.32. The Morgan fingerprint density at radius 3 is 2.45 bits per heavy atom. The fraction of sp³-hybridized carbons (Fsp3) is 0.536. The highest BCUT2D eigenvalue weighted by Gasteiger charge is 2.48. The van der Waals surface area contributed by atoms with Crippen LogP contribution in [0.2, 0.25) is 0 Å². The van der Waals surface area contributed by atoms with E-state index in [-0.39, 0.29) is 12.4 Å². The zero-order chi connectivity index (χ0) is 28.2. The average Bonchev–Trinajstić information content (AvgIpc) is 3.76. The number of thioether (sulfide) groups is 1. The van der Waals surface area contributed by atoms with E-state index in [2.05, 4.69) is 56.5 Å². The number of carbonyl (C=O) groups is 1. The standard InChI is InChI=1S/C28H34BrN3O7S/c1-5-37-24-23(34-2)21(39-26(36-4)25(24)35-3)14-38-22(33)15-40-28-31-30-27(29)32(28)20-13-12-17(16-10-11-16)18-8-6-7-9-19(18)20/h6-9,12-13,16,21,23-26H,5,10-11,14-15H2,1-4H3/t21?,23-,24?,25+,26-/m1/s1. The van der Waals surface area contributed by atoms with Crippen LogP contribution in [0.3, 0.4) is 0 Å². The maximum Gasteiger partial charge on any atom is 0.316 e. The molecule has 1 aliphatic carbocycles. The van der Waals surface area contributed by atoms with Gasteiger partial charge in [-0.2, -0.15) is 0 Å². The van der Waals surface area contributed by atoms with Gasteiger partial charge in [-0.15, -0.1) is 10.2 Å². The number of fused-ring (bicyclic) bond motifs is 1. The summed E-state index contributed by atoms with van der Waals surface area (Å²) in [4.78, 5) is 12.8. The van der Waals surface area contributed by atoms with Crippen LogP contribution in [0.4, 0.5) is 0 Å². The molecule has 1 saturated heterocycles. The van der Waals surface area contributed by atoms with Gasteiger partial charge in [0.15, 0.2) is 11.4 Å². The number of aromatic nitrogens is 3. The molecule has 0 spiro atoms. The van der Waals surface area contributed by atoms with Gasteiger partial charge < -0.3 is 28.4 Å². The van der Waals surface area contributed by atoms with Crippen molar-refractivity contribution >= 4 is 44.4 Å². The first-order valence-corrected chi connectivity index (χ1v) is 15.0. The Kier molecular flexibility index (Phi) is 9.77. The number of carbonyl (C=O) groups excluding carboxylic acids is 1. The van der Waals surface area contributed by atoms with Gasteiger partial charge in [-0.3, -0.25) is 9.36 Å². The molecule has 0 N–H and O–H groups in total. The van der Waals surface area contributed by atoms with Gasteiger partial charge >= 0.3 is 5.97 Å². The molecule has 2 aliphatic rings. The molecule has 2 fully saturated rings. The van der Waals surface area contributed by atoms with E-state index in [0.717, 1.165) is 11.1 Å². The number of hydrogen-bond acceptors (Lipinski definition) is 10. The van der Waals surface area contributed by atoms with Crippen molar-refractivity contribution in [1.29, 1.82) is 0 Å². The van der Waals surface area contributed by atoms with Crippen molar-refractivity contribution in [3.8, 4) is 5.69 Å². The van der Waals surface area contributed by atoms with Crippen LogP contribution < -0.4 is 0 Å². The van der Waals surface area contributed by atoms with Crippen LogP contribution in [0.1, 0.15) is 31.2 Å². The van der Waals surface area contributed by atoms with E-state index in [9.17, 15) is 4.79 Å². The predicted octanol–water partition coefficient (Wildman–Crippen LogP) is 4.50. The van der Waals surface area contributed by atoms with Gasteiger partial charge in [0.2, 0.25) is 4.73 Å². The molecule has 0 amide bonds. The summed E-state index contributed by atoms with van der Waals surface area (Å²) >= 11 is 4.80. The van der Waals surface area contributed by atoms with Crippen molar-refractivity contribution in [3.63, 3.8) is 0 Å². The molecule has 0 bridgehead atoms. The molecule has 40 heavy (non-hydrogen) atoms. The fourth-order valence-electron chi connectivity index (χ4n) is 5.26. The van der Waals surface area contributed by atoms with Crippen molar-refractivity contribution in [2.24, 2.45) is 0 Å². The zero-order valence-electron chi connectivity index (χ0n) is 22.9. The summed E-state index contributed by atoms with van der Waals surface area (Å²) in [7, 11) is 4.66. The number of esters is 1. The van der Waals surface area contributed by atoms with Crippen LogP contribution in [0.15, 0.2) is 46.3 Å². The third-order valence-electron chi connectivity index (χ3n) is 7.24. The predicted molar refractivity (Wildman–Crippen MR) is 153 cm³/mol. The second-order valence-electron chi connectivity index (χ2n) is 9.65. The summed E-state index contributed by atoms with van der Waals surface area (Å²) in [6.07, 6.45) is -0.284. The first kappa shape index (κ1) is 29.4. The SMILES string of the molecule is CCOC1[C@H](OC)C(COC(=O)CSc2nnc(Br)n2-c2ccc(C3CC3)c3ccccc23)O[C@@H](OC)[C@H]1OC. The summed E-state index contributed by atoms with van der Waals surface area (Å²) in [5, 5.41) is 11.5. The van der Waals surface area contributed by atoms with Gasteiger partial charge in [0.25, 0.3) is 0 Å². The Labute approximate surface area is 246 Å². The molecule has 2 unspecified atom stereocenters. The minimum absolute atomic E-state index is 0.0264. The number of nitrogens with zero attached hydrogens (tertiary/aromatic N) is 3. The fourth-order valence-corrected chi connectivity index (χ4v) is 6.56. The molecule has 1 aliphatic heterocycles. The van der Waals surface area contributed by atoms with E-state index < -0.39 is 36.7 Å². The lowest BCUT2D eigenvalue weighted by molar-refractivity contribution is -0.309. The molecule has 2 aromatic carbocycles. The van der Waals surface area contributed by atoms with Gasteiger partial charge in [-0.1, -0.05) is 42.1 Å². The van der Waals surface area contributed by atoms with E-state index in [0.29, 0.717) is 22.4 Å². The monoisotopic (exact) mass is 635 g/mol. The maximum absolute atomic E-state index is 12.8. The molecular formula is C28H34BrN3O7S. The highest BCUT2D eigenvalue weighted by atomic mass is 79.9. The normalized spacial score (nSPS) is 24.9. The number of methoxy groups -OCH3 is 3. The number of ether oxygens (including phenoxy) is 6. The molecule has 0 radical (unpaired) electrons. The van der Waals surface area contributed by atoms with E-state index in [1.54, 1.807) is 14.2 Å². The van der Waals surface area contributed by atoms with E-state index in [4.69, 9.17) is 28.4 Å². The Hall–Kier alpha value is -2.06. The minimum Gasteiger partial charge on any atom is -0.462 e. The second-order valence-corrected chi connectivity index (χ2v) is 11.3. The van der Waals surface area contributed by atoms with Gasteiger partial charge in [-0.05, 0) is 58.6 Å². The second kappa shape index (κ2) is 13.3. The first-order valence-electron chi connectivity index (χ1n) is 13.3. The van der Waals surface area contributed by atoms with Crippen molar-refractivity contribution < 1.29 is 33.2 Å². The average molecular weight is 637 g/mol. The van der Waals surface area contributed by atoms with Crippen LogP contribution in [-0.2, 0) is 33.2 Å². The van der Waals surface area contributed by atoms with Crippen molar-refractivity contribution in [1.82, 2.24) is 14.8 Å². The molecular weight excluding hydrogens is 602 g/mol. The Bertz CT molecular complexity index is 1320. The lowest BCUT2D eigenvalue weighted by atomic mass is 9.98. The highest BCUT2D eigenvalue weighted by molar-refractivity contribution is 9.10. The largest absolute Gasteiger partial charge is 0.462 e.